The molecule has 0 radical (unpaired) electrons. The van der Waals surface area contributed by atoms with E-state index in [1.807, 2.05) is 6.07 Å². The van der Waals surface area contributed by atoms with E-state index in [-0.39, 0.29) is 5.41 Å². The molecular formula is C25H23N. The summed E-state index contributed by atoms with van der Waals surface area (Å²) in [5.74, 6) is 0. The number of pyridine rings is 1. The standard InChI is InChI=1S/C25H23N/c1-25(2,3)22-16-23(19-10-5-4-6-11-19)26-24(17-22)21-14-13-18-9-7-8-12-20(18)15-21/h4-17H,1-3H3. The number of nitrogens with zero attached hydrogens (tertiary/aromatic N) is 1. The Balaban J connectivity index is 1.91. The quantitative estimate of drug-likeness (QED) is 0.389. The molecule has 26 heavy (non-hydrogen) atoms. The highest BCUT2D eigenvalue weighted by Gasteiger charge is 2.17. The van der Waals surface area contributed by atoms with Crippen molar-refractivity contribution >= 4 is 10.8 Å². The van der Waals surface area contributed by atoms with Crippen LogP contribution in [-0.4, -0.2) is 4.98 Å². The van der Waals surface area contributed by atoms with E-state index in [0.29, 0.717) is 0 Å². The van der Waals surface area contributed by atoms with E-state index in [1.165, 1.54) is 16.3 Å². The molecule has 0 saturated heterocycles. The molecule has 0 spiro atoms. The molecule has 0 N–H and O–H groups in total. The third-order valence-corrected chi connectivity index (χ3v) is 4.81. The van der Waals surface area contributed by atoms with Crippen LogP contribution in [-0.2, 0) is 5.41 Å². The Morgan fingerprint density at radius 1 is 0.577 bits per heavy atom. The number of benzene rings is 3. The Bertz CT molecular complexity index is 1060. The molecule has 1 aromatic heterocycles. The summed E-state index contributed by atoms with van der Waals surface area (Å²) < 4.78 is 0. The van der Waals surface area contributed by atoms with Crippen LogP contribution in [0.3, 0.4) is 0 Å². The highest BCUT2D eigenvalue weighted by Crippen LogP contribution is 2.32. The van der Waals surface area contributed by atoms with Gasteiger partial charge in [0.05, 0.1) is 11.4 Å². The van der Waals surface area contributed by atoms with Crippen molar-refractivity contribution in [1.29, 1.82) is 0 Å². The second-order valence-electron chi connectivity index (χ2n) is 7.80. The fourth-order valence-electron chi connectivity index (χ4n) is 3.22. The number of hydrogen-bond acceptors (Lipinski definition) is 1. The molecule has 0 saturated carbocycles. The van der Waals surface area contributed by atoms with Gasteiger partial charge in [0.15, 0.2) is 0 Å². The summed E-state index contributed by atoms with van der Waals surface area (Å²) in [6.07, 6.45) is 0. The maximum atomic E-state index is 4.99. The SMILES string of the molecule is CC(C)(C)c1cc(-c2ccccc2)nc(-c2ccc3ccccc3c2)c1. The molecule has 4 rings (SSSR count). The third kappa shape index (κ3) is 3.25. The Morgan fingerprint density at radius 3 is 1.88 bits per heavy atom. The molecule has 1 heteroatoms. The van der Waals surface area contributed by atoms with Gasteiger partial charge in [-0.3, -0.25) is 0 Å². The van der Waals surface area contributed by atoms with Crippen LogP contribution in [0.5, 0.6) is 0 Å². The van der Waals surface area contributed by atoms with E-state index >= 15 is 0 Å². The molecule has 3 aromatic carbocycles. The number of rotatable bonds is 2. The van der Waals surface area contributed by atoms with Crippen molar-refractivity contribution in [3.05, 3.63) is 90.5 Å². The molecule has 0 fully saturated rings. The first-order valence-corrected chi connectivity index (χ1v) is 9.08. The van der Waals surface area contributed by atoms with Crippen LogP contribution >= 0.6 is 0 Å². The zero-order chi connectivity index (χ0) is 18.1. The van der Waals surface area contributed by atoms with Gasteiger partial charge < -0.3 is 0 Å². The minimum atomic E-state index is 0.0675. The lowest BCUT2D eigenvalue weighted by Gasteiger charge is -2.21. The van der Waals surface area contributed by atoms with E-state index in [9.17, 15) is 0 Å². The van der Waals surface area contributed by atoms with Gasteiger partial charge in [-0.2, -0.15) is 0 Å². The molecule has 0 aliphatic rings. The molecule has 1 heterocycles. The smallest absolute Gasteiger partial charge is 0.0712 e. The first-order chi connectivity index (χ1) is 12.5. The van der Waals surface area contributed by atoms with Crippen molar-refractivity contribution < 1.29 is 0 Å². The van der Waals surface area contributed by atoms with E-state index in [4.69, 9.17) is 4.98 Å². The van der Waals surface area contributed by atoms with Crippen molar-refractivity contribution in [1.82, 2.24) is 4.98 Å². The average Bonchev–Trinajstić information content (AvgIpc) is 2.67. The third-order valence-electron chi connectivity index (χ3n) is 4.81. The predicted octanol–water partition coefficient (Wildman–Crippen LogP) is 6.87. The first-order valence-electron chi connectivity index (χ1n) is 9.08. The van der Waals surface area contributed by atoms with Crippen LogP contribution in [0, 0.1) is 0 Å². The minimum Gasteiger partial charge on any atom is -0.248 e. The van der Waals surface area contributed by atoms with Crippen LogP contribution in [0.2, 0.25) is 0 Å². The van der Waals surface area contributed by atoms with Gasteiger partial charge in [0.1, 0.15) is 0 Å². The van der Waals surface area contributed by atoms with Gasteiger partial charge in [-0.15, -0.1) is 0 Å². The Hall–Kier alpha value is -2.93. The molecule has 128 valence electrons. The second kappa shape index (κ2) is 6.42. The molecular weight excluding hydrogens is 314 g/mol. The van der Waals surface area contributed by atoms with Crippen LogP contribution in [0.15, 0.2) is 84.9 Å². The maximum absolute atomic E-state index is 4.99. The van der Waals surface area contributed by atoms with Crippen molar-refractivity contribution in [3.63, 3.8) is 0 Å². The summed E-state index contributed by atoms with van der Waals surface area (Å²) in [7, 11) is 0. The van der Waals surface area contributed by atoms with E-state index in [0.717, 1.165) is 22.5 Å². The van der Waals surface area contributed by atoms with E-state index in [1.54, 1.807) is 0 Å². The Labute approximate surface area is 155 Å². The summed E-state index contributed by atoms with van der Waals surface area (Å²) in [5, 5.41) is 2.50. The summed E-state index contributed by atoms with van der Waals surface area (Å²) in [5.41, 5.74) is 5.74. The predicted molar refractivity (Wildman–Crippen MR) is 111 cm³/mol. The van der Waals surface area contributed by atoms with Crippen molar-refractivity contribution in [2.45, 2.75) is 26.2 Å². The van der Waals surface area contributed by atoms with Crippen molar-refractivity contribution in [3.8, 4) is 22.5 Å². The fourth-order valence-corrected chi connectivity index (χ4v) is 3.22. The Morgan fingerprint density at radius 2 is 1.19 bits per heavy atom. The first kappa shape index (κ1) is 16.5. The normalized spacial score (nSPS) is 11.7. The highest BCUT2D eigenvalue weighted by atomic mass is 14.7. The van der Waals surface area contributed by atoms with Gasteiger partial charge in [0.2, 0.25) is 0 Å². The molecule has 0 bridgehead atoms. The van der Waals surface area contributed by atoms with E-state index in [2.05, 4.69) is 99.6 Å². The monoisotopic (exact) mass is 337 g/mol. The lowest BCUT2D eigenvalue weighted by atomic mass is 9.85. The molecule has 0 atom stereocenters. The maximum Gasteiger partial charge on any atom is 0.0712 e. The summed E-state index contributed by atoms with van der Waals surface area (Å²) >= 11 is 0. The van der Waals surface area contributed by atoms with Crippen LogP contribution in [0.1, 0.15) is 26.3 Å². The number of aromatic nitrogens is 1. The number of hydrogen-bond donors (Lipinski definition) is 0. The van der Waals surface area contributed by atoms with Crippen molar-refractivity contribution in [2.75, 3.05) is 0 Å². The zero-order valence-electron chi connectivity index (χ0n) is 15.5. The summed E-state index contributed by atoms with van der Waals surface area (Å²) in [6, 6.07) is 29.9. The van der Waals surface area contributed by atoms with Crippen LogP contribution < -0.4 is 0 Å². The second-order valence-corrected chi connectivity index (χ2v) is 7.80. The van der Waals surface area contributed by atoms with Gasteiger partial charge in [-0.05, 0) is 39.9 Å². The van der Waals surface area contributed by atoms with Gasteiger partial charge >= 0.3 is 0 Å². The molecule has 0 amide bonds. The van der Waals surface area contributed by atoms with Gasteiger partial charge in [0.25, 0.3) is 0 Å². The average molecular weight is 337 g/mol. The highest BCUT2D eigenvalue weighted by molar-refractivity contribution is 5.87. The molecule has 0 unspecified atom stereocenters. The van der Waals surface area contributed by atoms with Crippen molar-refractivity contribution in [2.24, 2.45) is 0 Å². The minimum absolute atomic E-state index is 0.0675. The number of fused-ring (bicyclic) bond motifs is 1. The fraction of sp³-hybridized carbons (Fsp3) is 0.160. The van der Waals surface area contributed by atoms with E-state index < -0.39 is 0 Å². The lowest BCUT2D eigenvalue weighted by Crippen LogP contribution is -2.12. The topological polar surface area (TPSA) is 12.9 Å². The Kier molecular flexibility index (Phi) is 4.08. The molecule has 1 nitrogen and oxygen atoms in total. The largest absolute Gasteiger partial charge is 0.248 e. The van der Waals surface area contributed by atoms with Crippen LogP contribution in [0.25, 0.3) is 33.3 Å². The van der Waals surface area contributed by atoms with Gasteiger partial charge in [-0.1, -0.05) is 87.5 Å². The lowest BCUT2D eigenvalue weighted by molar-refractivity contribution is 0.590. The molecule has 4 aromatic rings. The molecule has 0 aliphatic heterocycles. The van der Waals surface area contributed by atoms with Gasteiger partial charge in [-0.25, -0.2) is 4.98 Å². The summed E-state index contributed by atoms with van der Waals surface area (Å²) in [6.45, 7) is 6.75. The molecule has 0 aliphatic carbocycles. The van der Waals surface area contributed by atoms with Crippen LogP contribution in [0.4, 0.5) is 0 Å². The van der Waals surface area contributed by atoms with Gasteiger partial charge in [0, 0.05) is 11.1 Å². The zero-order valence-corrected chi connectivity index (χ0v) is 15.5. The summed E-state index contributed by atoms with van der Waals surface area (Å²) in [4.78, 5) is 4.99.